The lowest BCUT2D eigenvalue weighted by molar-refractivity contribution is 0.207. The molecular weight excluding hydrogens is 373 g/mol. The number of halogens is 2. The highest BCUT2D eigenvalue weighted by atomic mass is 79.9. The molecule has 0 radical (unpaired) electrons. The molecule has 0 spiro atoms. The molecule has 0 fully saturated rings. The summed E-state index contributed by atoms with van der Waals surface area (Å²) in [5.41, 5.74) is 8.63. The number of aromatic nitrogens is 2. The van der Waals surface area contributed by atoms with Crippen molar-refractivity contribution in [3.05, 3.63) is 70.6 Å². The molecule has 2 N–H and O–H groups in total. The van der Waals surface area contributed by atoms with Crippen molar-refractivity contribution in [2.45, 2.75) is 13.0 Å². The van der Waals surface area contributed by atoms with Crippen LogP contribution in [0.5, 0.6) is 6.01 Å². The van der Waals surface area contributed by atoms with Gasteiger partial charge in [0.15, 0.2) is 11.6 Å². The fourth-order valence-electron chi connectivity index (χ4n) is 2.24. The van der Waals surface area contributed by atoms with Crippen LogP contribution in [0.4, 0.5) is 10.2 Å². The highest BCUT2D eigenvalue weighted by molar-refractivity contribution is 9.10. The molecule has 1 heterocycles. The molecule has 24 heavy (non-hydrogen) atoms. The molecule has 0 aliphatic carbocycles. The van der Waals surface area contributed by atoms with Gasteiger partial charge in [-0.05, 0) is 35.7 Å². The predicted octanol–water partition coefficient (Wildman–Crippen LogP) is 4.77. The van der Waals surface area contributed by atoms with E-state index in [4.69, 9.17) is 10.5 Å². The van der Waals surface area contributed by atoms with Crippen LogP contribution in [0.25, 0.3) is 11.1 Å². The van der Waals surface area contributed by atoms with Crippen LogP contribution >= 0.6 is 15.9 Å². The van der Waals surface area contributed by atoms with Gasteiger partial charge in [-0.2, -0.15) is 4.98 Å². The molecule has 122 valence electrons. The van der Waals surface area contributed by atoms with Crippen molar-refractivity contribution in [3.8, 4) is 17.1 Å². The van der Waals surface area contributed by atoms with Gasteiger partial charge in [0, 0.05) is 4.47 Å². The third-order valence-electron chi connectivity index (χ3n) is 3.59. The first-order valence-electron chi connectivity index (χ1n) is 7.33. The molecule has 0 aliphatic rings. The Labute approximate surface area is 147 Å². The van der Waals surface area contributed by atoms with Crippen molar-refractivity contribution in [3.63, 3.8) is 0 Å². The second kappa shape index (κ2) is 6.97. The second-order valence-corrected chi connectivity index (χ2v) is 6.19. The maximum atomic E-state index is 13.1. The molecule has 6 heteroatoms. The summed E-state index contributed by atoms with van der Waals surface area (Å²) < 4.78 is 19.7. The van der Waals surface area contributed by atoms with Crippen molar-refractivity contribution in [1.29, 1.82) is 0 Å². The van der Waals surface area contributed by atoms with E-state index >= 15 is 0 Å². The highest BCUT2D eigenvalue weighted by Gasteiger charge is 2.11. The van der Waals surface area contributed by atoms with Crippen molar-refractivity contribution in [1.82, 2.24) is 9.97 Å². The van der Waals surface area contributed by atoms with Gasteiger partial charge in [-0.25, -0.2) is 9.37 Å². The Bertz CT molecular complexity index is 838. The summed E-state index contributed by atoms with van der Waals surface area (Å²) in [5, 5.41) is 0. The number of nitrogens with two attached hydrogens (primary N) is 1. The number of nitrogen functional groups attached to an aromatic ring is 1. The molecule has 3 rings (SSSR count). The van der Waals surface area contributed by atoms with E-state index in [2.05, 4.69) is 25.9 Å². The standard InChI is InChI=1S/C18H15BrFN3O/c1-11(24-18-22-10-16(20)17(21)23-18)12-2-4-13(5-3-12)14-6-8-15(19)9-7-14/h2-11H,1H3,(H2,21,22,23). The van der Waals surface area contributed by atoms with Crippen molar-refractivity contribution < 1.29 is 9.13 Å². The van der Waals surface area contributed by atoms with Gasteiger partial charge in [-0.1, -0.05) is 52.3 Å². The Morgan fingerprint density at radius 2 is 1.62 bits per heavy atom. The fraction of sp³-hybridized carbons (Fsp3) is 0.111. The number of anilines is 1. The smallest absolute Gasteiger partial charge is 0.319 e. The molecule has 2 aromatic carbocycles. The molecule has 0 saturated heterocycles. The topological polar surface area (TPSA) is 61.0 Å². The van der Waals surface area contributed by atoms with E-state index < -0.39 is 5.82 Å². The van der Waals surface area contributed by atoms with Crippen LogP contribution < -0.4 is 10.5 Å². The lowest BCUT2D eigenvalue weighted by Gasteiger charge is -2.14. The highest BCUT2D eigenvalue weighted by Crippen LogP contribution is 2.25. The molecule has 3 aromatic rings. The van der Waals surface area contributed by atoms with Crippen molar-refractivity contribution in [2.24, 2.45) is 0 Å². The lowest BCUT2D eigenvalue weighted by Crippen LogP contribution is -2.07. The lowest BCUT2D eigenvalue weighted by atomic mass is 10.0. The summed E-state index contributed by atoms with van der Waals surface area (Å²) in [4.78, 5) is 7.56. The number of ether oxygens (including phenoxy) is 1. The largest absolute Gasteiger partial charge is 0.456 e. The van der Waals surface area contributed by atoms with Crippen LogP contribution in [-0.2, 0) is 0 Å². The molecule has 0 aliphatic heterocycles. The predicted molar refractivity (Wildman–Crippen MR) is 95.0 cm³/mol. The zero-order valence-corrected chi connectivity index (χ0v) is 14.5. The number of nitrogens with zero attached hydrogens (tertiary/aromatic N) is 2. The van der Waals surface area contributed by atoms with Crippen molar-refractivity contribution in [2.75, 3.05) is 5.73 Å². The van der Waals surface area contributed by atoms with Crippen LogP contribution in [0.1, 0.15) is 18.6 Å². The third kappa shape index (κ3) is 3.71. The van der Waals surface area contributed by atoms with Gasteiger partial charge in [0.2, 0.25) is 0 Å². The summed E-state index contributed by atoms with van der Waals surface area (Å²) in [6.45, 7) is 1.87. The Morgan fingerprint density at radius 3 is 2.21 bits per heavy atom. The van der Waals surface area contributed by atoms with E-state index in [-0.39, 0.29) is 17.9 Å². The van der Waals surface area contributed by atoms with Gasteiger partial charge in [0.25, 0.3) is 0 Å². The van der Waals surface area contributed by atoms with Gasteiger partial charge in [-0.15, -0.1) is 0 Å². The SMILES string of the molecule is CC(Oc1ncc(F)c(N)n1)c1ccc(-c2ccc(Br)cc2)cc1. The first kappa shape index (κ1) is 16.4. The maximum absolute atomic E-state index is 13.1. The van der Waals surface area contributed by atoms with E-state index in [0.717, 1.165) is 27.4 Å². The van der Waals surface area contributed by atoms with Crippen LogP contribution in [0.15, 0.2) is 59.2 Å². The molecule has 0 bridgehead atoms. The third-order valence-corrected chi connectivity index (χ3v) is 4.12. The van der Waals surface area contributed by atoms with E-state index in [9.17, 15) is 4.39 Å². The van der Waals surface area contributed by atoms with Gasteiger partial charge in [-0.3, -0.25) is 0 Å². The van der Waals surface area contributed by atoms with Crippen LogP contribution in [0, 0.1) is 5.82 Å². The minimum absolute atomic E-state index is 0.0541. The molecule has 1 aromatic heterocycles. The Hall–Kier alpha value is -2.47. The average molecular weight is 388 g/mol. The Balaban J connectivity index is 1.74. The van der Waals surface area contributed by atoms with Gasteiger partial charge in [0.1, 0.15) is 6.10 Å². The van der Waals surface area contributed by atoms with E-state index in [0.29, 0.717) is 0 Å². The summed E-state index contributed by atoms with van der Waals surface area (Å²) in [6, 6.07) is 16.2. The summed E-state index contributed by atoms with van der Waals surface area (Å²) >= 11 is 3.43. The molecular formula is C18H15BrFN3O. The first-order chi connectivity index (χ1) is 11.5. The van der Waals surface area contributed by atoms with Crippen LogP contribution in [-0.4, -0.2) is 9.97 Å². The molecule has 0 amide bonds. The summed E-state index contributed by atoms with van der Waals surface area (Å²) in [5.74, 6) is -0.883. The van der Waals surface area contributed by atoms with E-state index in [1.165, 1.54) is 0 Å². The maximum Gasteiger partial charge on any atom is 0.319 e. The first-order valence-corrected chi connectivity index (χ1v) is 8.13. The van der Waals surface area contributed by atoms with E-state index in [1.54, 1.807) is 0 Å². The van der Waals surface area contributed by atoms with E-state index in [1.807, 2.05) is 55.5 Å². The average Bonchev–Trinajstić information content (AvgIpc) is 2.59. The summed E-state index contributed by atoms with van der Waals surface area (Å²) in [7, 11) is 0. The minimum atomic E-state index is -0.658. The molecule has 1 unspecified atom stereocenters. The number of rotatable bonds is 4. The number of hydrogen-bond acceptors (Lipinski definition) is 4. The molecule has 1 atom stereocenters. The van der Waals surface area contributed by atoms with Gasteiger partial charge < -0.3 is 10.5 Å². The quantitative estimate of drug-likeness (QED) is 0.700. The monoisotopic (exact) mass is 387 g/mol. The number of hydrogen-bond donors (Lipinski definition) is 1. The van der Waals surface area contributed by atoms with Crippen LogP contribution in [0.3, 0.4) is 0 Å². The van der Waals surface area contributed by atoms with Crippen LogP contribution in [0.2, 0.25) is 0 Å². The van der Waals surface area contributed by atoms with Crippen molar-refractivity contribution >= 4 is 21.7 Å². The second-order valence-electron chi connectivity index (χ2n) is 5.27. The van der Waals surface area contributed by atoms with Gasteiger partial charge >= 0.3 is 6.01 Å². The molecule has 0 saturated carbocycles. The number of benzene rings is 2. The Kier molecular flexibility index (Phi) is 4.76. The fourth-order valence-corrected chi connectivity index (χ4v) is 2.50. The van der Waals surface area contributed by atoms with Gasteiger partial charge in [0.05, 0.1) is 6.20 Å². The summed E-state index contributed by atoms with van der Waals surface area (Å²) in [6.07, 6.45) is 0.718. The zero-order valence-electron chi connectivity index (χ0n) is 12.9. The molecule has 4 nitrogen and oxygen atoms in total. The Morgan fingerprint density at radius 1 is 1.04 bits per heavy atom. The minimum Gasteiger partial charge on any atom is -0.456 e. The normalized spacial score (nSPS) is 12.0. The zero-order chi connectivity index (χ0) is 17.1.